The highest BCUT2D eigenvalue weighted by Gasteiger charge is 2.38. The number of alkyl halides is 3. The van der Waals surface area contributed by atoms with Gasteiger partial charge in [-0.3, -0.25) is 4.79 Å². The predicted molar refractivity (Wildman–Crippen MR) is 110 cm³/mol. The molecule has 1 amide bonds. The SMILES string of the molecule is CCC(C(=O)Nc1ccccc1N1CCCC1)c1ccccc1.O=C(O)C(F)(F)F. The zero-order valence-electron chi connectivity index (χ0n) is 16.7. The van der Waals surface area contributed by atoms with E-state index in [9.17, 15) is 18.0 Å². The normalized spacial score (nSPS) is 14.5. The first kappa shape index (κ1) is 23.3. The third-order valence-electron chi connectivity index (χ3n) is 4.78. The molecule has 30 heavy (non-hydrogen) atoms. The van der Waals surface area contributed by atoms with Crippen LogP contribution >= 0.6 is 0 Å². The molecule has 1 aliphatic rings. The minimum absolute atomic E-state index is 0.0744. The fraction of sp³-hybridized carbons (Fsp3) is 0.364. The quantitative estimate of drug-likeness (QED) is 0.707. The number of benzene rings is 2. The van der Waals surface area contributed by atoms with E-state index in [4.69, 9.17) is 9.90 Å². The van der Waals surface area contributed by atoms with E-state index < -0.39 is 12.1 Å². The summed E-state index contributed by atoms with van der Waals surface area (Å²) >= 11 is 0. The lowest BCUT2D eigenvalue weighted by Crippen LogP contribution is -2.24. The van der Waals surface area contributed by atoms with E-state index >= 15 is 0 Å². The fourth-order valence-corrected chi connectivity index (χ4v) is 3.29. The Hall–Kier alpha value is -3.03. The Morgan fingerprint density at radius 2 is 1.57 bits per heavy atom. The topological polar surface area (TPSA) is 69.6 Å². The maximum atomic E-state index is 12.8. The number of para-hydroxylation sites is 2. The molecule has 0 radical (unpaired) electrons. The van der Waals surface area contributed by atoms with Crippen LogP contribution in [0, 0.1) is 0 Å². The average Bonchev–Trinajstić information content (AvgIpc) is 3.24. The van der Waals surface area contributed by atoms with Gasteiger partial charge in [0, 0.05) is 13.1 Å². The van der Waals surface area contributed by atoms with E-state index in [1.54, 1.807) is 0 Å². The van der Waals surface area contributed by atoms with Gasteiger partial charge in [-0.2, -0.15) is 13.2 Å². The number of hydrogen-bond acceptors (Lipinski definition) is 3. The van der Waals surface area contributed by atoms with Crippen LogP contribution in [-0.4, -0.2) is 36.2 Å². The van der Waals surface area contributed by atoms with Crippen molar-refractivity contribution in [3.8, 4) is 0 Å². The van der Waals surface area contributed by atoms with Crippen LogP contribution in [0.4, 0.5) is 24.5 Å². The summed E-state index contributed by atoms with van der Waals surface area (Å²) in [5.41, 5.74) is 3.14. The lowest BCUT2D eigenvalue weighted by molar-refractivity contribution is -0.192. The number of nitrogens with zero attached hydrogens (tertiary/aromatic N) is 1. The van der Waals surface area contributed by atoms with E-state index in [1.165, 1.54) is 12.8 Å². The van der Waals surface area contributed by atoms with Crippen molar-refractivity contribution < 1.29 is 27.9 Å². The minimum Gasteiger partial charge on any atom is -0.475 e. The monoisotopic (exact) mass is 422 g/mol. The second-order valence-corrected chi connectivity index (χ2v) is 6.87. The Kier molecular flexibility index (Phi) is 8.26. The van der Waals surface area contributed by atoms with Crippen molar-refractivity contribution >= 4 is 23.3 Å². The first-order valence-corrected chi connectivity index (χ1v) is 9.74. The van der Waals surface area contributed by atoms with Crippen LogP contribution in [-0.2, 0) is 9.59 Å². The number of hydrogen-bond donors (Lipinski definition) is 2. The Bertz CT molecular complexity index is 835. The maximum Gasteiger partial charge on any atom is 0.490 e. The fourth-order valence-electron chi connectivity index (χ4n) is 3.29. The molecule has 2 aromatic carbocycles. The van der Waals surface area contributed by atoms with Gasteiger partial charge in [-0.05, 0) is 37.0 Å². The molecule has 2 aromatic rings. The Labute approximate surface area is 173 Å². The second kappa shape index (κ2) is 10.7. The molecule has 0 aromatic heterocycles. The molecule has 1 fully saturated rings. The Morgan fingerprint density at radius 1 is 1.03 bits per heavy atom. The summed E-state index contributed by atoms with van der Waals surface area (Å²) in [5, 5.41) is 10.3. The number of carboxylic acid groups (broad SMARTS) is 1. The number of carbonyl (C=O) groups excluding carboxylic acids is 1. The van der Waals surface area contributed by atoms with Crippen LogP contribution in [0.2, 0.25) is 0 Å². The van der Waals surface area contributed by atoms with Gasteiger partial charge in [0.15, 0.2) is 0 Å². The van der Waals surface area contributed by atoms with Crippen LogP contribution in [0.1, 0.15) is 37.7 Å². The molecule has 0 spiro atoms. The van der Waals surface area contributed by atoms with Gasteiger partial charge in [0.05, 0.1) is 17.3 Å². The van der Waals surface area contributed by atoms with Gasteiger partial charge in [-0.25, -0.2) is 4.79 Å². The van der Waals surface area contributed by atoms with E-state index in [0.29, 0.717) is 0 Å². The van der Waals surface area contributed by atoms with E-state index in [1.807, 2.05) is 48.5 Å². The minimum atomic E-state index is -5.08. The molecule has 1 heterocycles. The van der Waals surface area contributed by atoms with Crippen LogP contribution in [0.25, 0.3) is 0 Å². The number of halogens is 3. The molecule has 5 nitrogen and oxygen atoms in total. The molecule has 0 saturated carbocycles. The first-order chi connectivity index (χ1) is 14.2. The van der Waals surface area contributed by atoms with Crippen molar-refractivity contribution in [2.24, 2.45) is 0 Å². The van der Waals surface area contributed by atoms with Crippen LogP contribution in [0.5, 0.6) is 0 Å². The molecular weight excluding hydrogens is 397 g/mol. The zero-order valence-corrected chi connectivity index (χ0v) is 16.7. The van der Waals surface area contributed by atoms with Gasteiger partial charge < -0.3 is 15.3 Å². The predicted octanol–water partition coefficient (Wildman–Crippen LogP) is 5.05. The molecule has 1 atom stereocenters. The maximum absolute atomic E-state index is 12.8. The molecular formula is C22H25F3N2O3. The molecule has 3 rings (SSSR count). The van der Waals surface area contributed by atoms with Gasteiger partial charge in [-0.1, -0.05) is 49.4 Å². The first-order valence-electron chi connectivity index (χ1n) is 9.74. The van der Waals surface area contributed by atoms with Crippen molar-refractivity contribution in [1.29, 1.82) is 0 Å². The number of carbonyl (C=O) groups is 2. The number of rotatable bonds is 5. The van der Waals surface area contributed by atoms with Crippen LogP contribution in [0.15, 0.2) is 54.6 Å². The molecule has 0 aliphatic carbocycles. The molecule has 1 aliphatic heterocycles. The average molecular weight is 422 g/mol. The molecule has 162 valence electrons. The summed E-state index contributed by atoms with van der Waals surface area (Å²) in [7, 11) is 0. The summed E-state index contributed by atoms with van der Waals surface area (Å²) < 4.78 is 31.7. The van der Waals surface area contributed by atoms with Crippen molar-refractivity contribution in [1.82, 2.24) is 0 Å². The van der Waals surface area contributed by atoms with Crippen molar-refractivity contribution in [2.75, 3.05) is 23.3 Å². The van der Waals surface area contributed by atoms with Gasteiger partial charge in [-0.15, -0.1) is 0 Å². The summed E-state index contributed by atoms with van der Waals surface area (Å²) in [6.07, 6.45) is -1.84. The van der Waals surface area contributed by atoms with Crippen molar-refractivity contribution in [2.45, 2.75) is 38.3 Å². The van der Waals surface area contributed by atoms with Crippen LogP contribution < -0.4 is 10.2 Å². The van der Waals surface area contributed by atoms with Crippen molar-refractivity contribution in [3.05, 3.63) is 60.2 Å². The summed E-state index contributed by atoms with van der Waals surface area (Å²) in [5.74, 6) is -2.79. The largest absolute Gasteiger partial charge is 0.490 e. The zero-order chi connectivity index (χ0) is 22.1. The third kappa shape index (κ3) is 6.50. The Morgan fingerprint density at radius 3 is 2.10 bits per heavy atom. The molecule has 1 unspecified atom stereocenters. The van der Waals surface area contributed by atoms with E-state index in [0.717, 1.165) is 36.4 Å². The van der Waals surface area contributed by atoms with Crippen LogP contribution in [0.3, 0.4) is 0 Å². The van der Waals surface area contributed by atoms with Gasteiger partial charge in [0.1, 0.15) is 0 Å². The third-order valence-corrected chi connectivity index (χ3v) is 4.78. The number of anilines is 2. The highest BCUT2D eigenvalue weighted by Crippen LogP contribution is 2.30. The molecule has 1 saturated heterocycles. The van der Waals surface area contributed by atoms with Gasteiger partial charge in [0.25, 0.3) is 0 Å². The lowest BCUT2D eigenvalue weighted by Gasteiger charge is -2.23. The molecule has 0 bridgehead atoms. The molecule has 8 heteroatoms. The standard InChI is InChI=1S/C20H24N2O.C2HF3O2/c1-2-17(16-10-4-3-5-11-16)20(23)21-18-12-6-7-13-19(18)22-14-8-9-15-22;3-2(4,5)1(6)7/h3-7,10-13,17H,2,8-9,14-15H2,1H3,(H,21,23);(H,6,7). The van der Waals surface area contributed by atoms with Crippen molar-refractivity contribution in [3.63, 3.8) is 0 Å². The highest BCUT2D eigenvalue weighted by molar-refractivity contribution is 5.98. The summed E-state index contributed by atoms with van der Waals surface area (Å²) in [6, 6.07) is 18.1. The summed E-state index contributed by atoms with van der Waals surface area (Å²) in [4.78, 5) is 24.0. The lowest BCUT2D eigenvalue weighted by atomic mass is 9.95. The smallest absolute Gasteiger partial charge is 0.475 e. The van der Waals surface area contributed by atoms with Gasteiger partial charge in [0.2, 0.25) is 5.91 Å². The van der Waals surface area contributed by atoms with Gasteiger partial charge >= 0.3 is 12.1 Å². The summed E-state index contributed by atoms with van der Waals surface area (Å²) in [6.45, 7) is 4.20. The number of carboxylic acids is 1. The van der Waals surface area contributed by atoms with E-state index in [-0.39, 0.29) is 11.8 Å². The number of aliphatic carboxylic acids is 1. The highest BCUT2D eigenvalue weighted by atomic mass is 19.4. The molecule has 2 N–H and O–H groups in total. The Balaban J connectivity index is 0.000000396. The van der Waals surface area contributed by atoms with E-state index in [2.05, 4.69) is 23.2 Å². The second-order valence-electron chi connectivity index (χ2n) is 6.87. The number of amides is 1. The number of nitrogens with one attached hydrogen (secondary N) is 1.